The topological polar surface area (TPSA) is 104 Å². The Balaban J connectivity index is 1.98. The Morgan fingerprint density at radius 3 is 2.48 bits per heavy atom. The van der Waals surface area contributed by atoms with Crippen LogP contribution in [0.25, 0.3) is 0 Å². The second kappa shape index (κ2) is 7.62. The molecule has 1 aliphatic rings. The maximum absolute atomic E-state index is 12.2. The summed E-state index contributed by atoms with van der Waals surface area (Å²) >= 11 is 0. The summed E-state index contributed by atoms with van der Waals surface area (Å²) in [6.45, 7) is 0.279. The molecule has 0 saturated carbocycles. The van der Waals surface area contributed by atoms with Crippen molar-refractivity contribution in [1.82, 2.24) is 4.90 Å². The van der Waals surface area contributed by atoms with Crippen LogP contribution in [0.3, 0.4) is 0 Å². The number of likely N-dealkylation sites (tertiary alicyclic amines) is 1. The lowest BCUT2D eigenvalue weighted by molar-refractivity contribution is -0.146. The number of ether oxygens (including phenoxy) is 1. The van der Waals surface area contributed by atoms with E-state index in [-0.39, 0.29) is 26.0 Å². The Bertz CT molecular complexity index is 573. The molecule has 7 heteroatoms. The lowest BCUT2D eigenvalue weighted by Gasteiger charge is -2.36. The van der Waals surface area contributed by atoms with E-state index >= 15 is 0 Å². The van der Waals surface area contributed by atoms with Crippen LogP contribution in [-0.4, -0.2) is 45.7 Å². The van der Waals surface area contributed by atoms with Gasteiger partial charge in [0.1, 0.15) is 6.61 Å². The fourth-order valence-corrected chi connectivity index (χ4v) is 2.71. The summed E-state index contributed by atoms with van der Waals surface area (Å²) in [6, 6.07) is 8.48. The van der Waals surface area contributed by atoms with Gasteiger partial charge >= 0.3 is 18.0 Å². The molecule has 23 heavy (non-hydrogen) atoms. The third kappa shape index (κ3) is 4.70. The summed E-state index contributed by atoms with van der Waals surface area (Å²) in [6.07, 6.45) is -0.470. The first kappa shape index (κ1) is 16.8. The SMILES string of the molecule is O=C(O)C[C@@H]1C[C@@H](C(=O)O)CCN1C(=O)OCc1ccccc1. The number of benzene rings is 1. The zero-order valence-corrected chi connectivity index (χ0v) is 12.6. The Labute approximate surface area is 133 Å². The molecule has 1 aromatic rings. The van der Waals surface area contributed by atoms with Gasteiger partial charge in [-0.3, -0.25) is 9.59 Å². The molecule has 2 atom stereocenters. The molecule has 7 nitrogen and oxygen atoms in total. The Hall–Kier alpha value is -2.57. The zero-order valence-electron chi connectivity index (χ0n) is 12.6. The third-order valence-electron chi connectivity index (χ3n) is 3.91. The smallest absolute Gasteiger partial charge is 0.410 e. The number of carboxylic acid groups (broad SMARTS) is 2. The predicted octanol–water partition coefficient (Wildman–Crippen LogP) is 1.96. The van der Waals surface area contributed by atoms with Crippen LogP contribution in [0.1, 0.15) is 24.8 Å². The van der Waals surface area contributed by atoms with Gasteiger partial charge in [0.25, 0.3) is 0 Å². The summed E-state index contributed by atoms with van der Waals surface area (Å²) in [7, 11) is 0. The molecule has 0 spiro atoms. The van der Waals surface area contributed by atoms with Crippen LogP contribution in [0, 0.1) is 5.92 Å². The molecule has 0 unspecified atom stereocenters. The van der Waals surface area contributed by atoms with Crippen LogP contribution in [-0.2, 0) is 20.9 Å². The number of hydrogen-bond acceptors (Lipinski definition) is 4. The molecule has 2 rings (SSSR count). The number of carboxylic acids is 2. The largest absolute Gasteiger partial charge is 0.481 e. The Kier molecular flexibility index (Phi) is 5.56. The molecular weight excluding hydrogens is 302 g/mol. The lowest BCUT2D eigenvalue weighted by atomic mass is 9.89. The lowest BCUT2D eigenvalue weighted by Crippen LogP contribution is -2.48. The summed E-state index contributed by atoms with van der Waals surface area (Å²) in [5.74, 6) is -2.66. The minimum atomic E-state index is -1.07. The summed E-state index contributed by atoms with van der Waals surface area (Å²) in [5, 5.41) is 18.1. The highest BCUT2D eigenvalue weighted by Gasteiger charge is 2.36. The van der Waals surface area contributed by atoms with Crippen molar-refractivity contribution in [3.05, 3.63) is 35.9 Å². The van der Waals surface area contributed by atoms with Gasteiger partial charge < -0.3 is 19.8 Å². The van der Waals surface area contributed by atoms with Crippen molar-refractivity contribution in [2.75, 3.05) is 6.54 Å². The van der Waals surface area contributed by atoms with Crippen molar-refractivity contribution in [1.29, 1.82) is 0 Å². The average molecular weight is 321 g/mol. The van der Waals surface area contributed by atoms with Crippen molar-refractivity contribution in [3.63, 3.8) is 0 Å². The molecular formula is C16H19NO6. The number of piperidine rings is 1. The van der Waals surface area contributed by atoms with E-state index in [0.717, 1.165) is 5.56 Å². The van der Waals surface area contributed by atoms with Gasteiger partial charge in [-0.15, -0.1) is 0 Å². The molecule has 1 amide bonds. The first-order chi connectivity index (χ1) is 11.0. The second-order valence-electron chi connectivity index (χ2n) is 5.54. The van der Waals surface area contributed by atoms with Crippen LogP contribution >= 0.6 is 0 Å². The van der Waals surface area contributed by atoms with Crippen LogP contribution < -0.4 is 0 Å². The van der Waals surface area contributed by atoms with Crippen molar-refractivity contribution >= 4 is 18.0 Å². The van der Waals surface area contributed by atoms with E-state index < -0.39 is 30.0 Å². The number of rotatable bonds is 5. The molecule has 0 bridgehead atoms. The molecule has 1 fully saturated rings. The van der Waals surface area contributed by atoms with E-state index in [9.17, 15) is 14.4 Å². The van der Waals surface area contributed by atoms with Gasteiger partial charge in [0.05, 0.1) is 12.3 Å². The number of amides is 1. The van der Waals surface area contributed by atoms with E-state index in [4.69, 9.17) is 14.9 Å². The van der Waals surface area contributed by atoms with E-state index in [1.807, 2.05) is 30.3 Å². The zero-order chi connectivity index (χ0) is 16.8. The van der Waals surface area contributed by atoms with Crippen LogP contribution in [0.2, 0.25) is 0 Å². The van der Waals surface area contributed by atoms with Gasteiger partial charge in [0, 0.05) is 12.6 Å². The van der Waals surface area contributed by atoms with Gasteiger partial charge in [0.2, 0.25) is 0 Å². The van der Waals surface area contributed by atoms with Crippen molar-refractivity contribution < 1.29 is 29.3 Å². The molecule has 1 heterocycles. The van der Waals surface area contributed by atoms with Gasteiger partial charge in [-0.1, -0.05) is 30.3 Å². The van der Waals surface area contributed by atoms with Crippen molar-refractivity contribution in [3.8, 4) is 0 Å². The van der Waals surface area contributed by atoms with E-state index in [0.29, 0.717) is 6.42 Å². The molecule has 1 aliphatic heterocycles. The molecule has 0 radical (unpaired) electrons. The van der Waals surface area contributed by atoms with Crippen LogP contribution in [0.15, 0.2) is 30.3 Å². The molecule has 124 valence electrons. The monoisotopic (exact) mass is 321 g/mol. The van der Waals surface area contributed by atoms with Crippen molar-refractivity contribution in [2.24, 2.45) is 5.92 Å². The average Bonchev–Trinajstić information content (AvgIpc) is 2.53. The fraction of sp³-hybridized carbons (Fsp3) is 0.438. The van der Waals surface area contributed by atoms with E-state index in [2.05, 4.69) is 0 Å². The predicted molar refractivity (Wildman–Crippen MR) is 79.7 cm³/mol. The minimum absolute atomic E-state index is 0.0956. The quantitative estimate of drug-likeness (QED) is 0.859. The minimum Gasteiger partial charge on any atom is -0.481 e. The van der Waals surface area contributed by atoms with Gasteiger partial charge in [0.15, 0.2) is 0 Å². The van der Waals surface area contributed by atoms with E-state index in [1.54, 1.807) is 0 Å². The summed E-state index contributed by atoms with van der Waals surface area (Å²) < 4.78 is 5.22. The summed E-state index contributed by atoms with van der Waals surface area (Å²) in [5.41, 5.74) is 0.830. The first-order valence-corrected chi connectivity index (χ1v) is 7.39. The Morgan fingerprint density at radius 2 is 1.87 bits per heavy atom. The van der Waals surface area contributed by atoms with Gasteiger partial charge in [-0.25, -0.2) is 4.79 Å². The van der Waals surface area contributed by atoms with Gasteiger partial charge in [-0.05, 0) is 18.4 Å². The standard InChI is InChI=1S/C16H19NO6/c18-14(19)9-13-8-12(15(20)21)6-7-17(13)16(22)23-10-11-4-2-1-3-5-11/h1-5,12-13H,6-10H2,(H,18,19)(H,20,21)/t12-,13-/m0/s1. The second-order valence-corrected chi connectivity index (χ2v) is 5.54. The maximum Gasteiger partial charge on any atom is 0.410 e. The maximum atomic E-state index is 12.2. The Morgan fingerprint density at radius 1 is 1.17 bits per heavy atom. The molecule has 0 aromatic heterocycles. The molecule has 1 aromatic carbocycles. The third-order valence-corrected chi connectivity index (χ3v) is 3.91. The van der Waals surface area contributed by atoms with Gasteiger partial charge in [-0.2, -0.15) is 0 Å². The van der Waals surface area contributed by atoms with Crippen LogP contribution in [0.5, 0.6) is 0 Å². The number of carbonyl (C=O) groups is 3. The number of nitrogens with zero attached hydrogens (tertiary/aromatic N) is 1. The summed E-state index contributed by atoms with van der Waals surface area (Å²) in [4.78, 5) is 35.6. The highest BCUT2D eigenvalue weighted by molar-refractivity contribution is 5.74. The molecule has 2 N–H and O–H groups in total. The van der Waals surface area contributed by atoms with E-state index in [1.165, 1.54) is 4.90 Å². The first-order valence-electron chi connectivity index (χ1n) is 7.39. The van der Waals surface area contributed by atoms with Crippen LogP contribution in [0.4, 0.5) is 4.79 Å². The highest BCUT2D eigenvalue weighted by Crippen LogP contribution is 2.26. The fourth-order valence-electron chi connectivity index (χ4n) is 2.71. The number of carbonyl (C=O) groups excluding carboxylic acids is 1. The molecule has 1 saturated heterocycles. The number of aliphatic carboxylic acids is 2. The van der Waals surface area contributed by atoms with Crippen molar-refractivity contribution in [2.45, 2.75) is 31.9 Å². The number of hydrogen-bond donors (Lipinski definition) is 2. The normalized spacial score (nSPS) is 20.8. The molecule has 0 aliphatic carbocycles. The highest BCUT2D eigenvalue weighted by atomic mass is 16.6.